The molecule has 0 N–H and O–H groups in total. The number of hydrogen-bond donors (Lipinski definition) is 0. The molecule has 0 saturated carbocycles. The zero-order chi connectivity index (χ0) is 2.00. The van der Waals surface area contributed by atoms with Crippen LogP contribution >= 0.6 is 8.02 Å². The predicted molar refractivity (Wildman–Crippen MR) is 15.7 cm³/mol. The normalized spacial score (nSPS) is 0.800. The Kier molecular flexibility index (Phi) is 783. The first-order valence-electron chi connectivity index (χ1n) is 0.204. The minimum absolute atomic E-state index is 0. The molecule has 0 nitrogen and oxygen atoms in total. The summed E-state index contributed by atoms with van der Waals surface area (Å²) in [5, 5.41) is 0. The molecule has 0 aliphatic rings. The van der Waals surface area contributed by atoms with Crippen molar-refractivity contribution in [3.63, 3.8) is 0 Å². The predicted octanol–water partition coefficient (Wildman–Crippen LogP) is -8.40. The Balaban J connectivity index is -0.00000000167. The van der Waals surface area contributed by atoms with Crippen molar-refractivity contribution in [1.29, 1.82) is 0 Å². The van der Waals surface area contributed by atoms with Gasteiger partial charge < -0.3 is 26.4 Å². The second-order valence-corrected chi connectivity index (χ2v) is 0. The van der Waals surface area contributed by atoms with Crippen LogP contribution in [-0.4, -0.2) is 0 Å². The van der Waals surface area contributed by atoms with Crippen molar-refractivity contribution in [1.82, 2.24) is 0 Å². The molecule has 0 aliphatic carbocycles. The van der Waals surface area contributed by atoms with Gasteiger partial charge in [0.2, 0.25) is 0 Å². The second-order valence-electron chi connectivity index (χ2n) is 0. The highest BCUT2D eigenvalue weighted by molar-refractivity contribution is 7.88. The lowest BCUT2D eigenvalue weighted by Gasteiger charge is -1.00. The Labute approximate surface area is 46.7 Å². The van der Waals surface area contributed by atoms with Gasteiger partial charge in [-0.25, -0.2) is 0 Å². The number of rotatable bonds is 0. The highest BCUT2D eigenvalue weighted by Gasteiger charge is 0.655. The van der Waals surface area contributed by atoms with Crippen molar-refractivity contribution in [3.05, 3.63) is 0 Å². The zero-order valence-electron chi connectivity index (χ0n) is 2.04. The zero-order valence-corrected chi connectivity index (χ0v) is 5.44. The van der Waals surface area contributed by atoms with Crippen molar-refractivity contribution >= 4 is 19.8 Å². The van der Waals surface area contributed by atoms with E-state index < -0.39 is 0 Å². The summed E-state index contributed by atoms with van der Waals surface area (Å²) in [5.74, 6) is 0. The maximum atomic E-state index is 3.89. The lowest BCUT2D eigenvalue weighted by molar-refractivity contribution is -0.00100. The highest BCUT2D eigenvalue weighted by Crippen LogP contribution is 1.26. The molecule has 0 spiro atoms. The molecule has 0 aromatic heterocycles. The first-order valence-corrected chi connectivity index (χ1v) is 1.84. The summed E-state index contributed by atoms with van der Waals surface area (Å²) in [6.07, 6.45) is 0. The minimum Gasteiger partial charge on any atom is -1.00 e. The molecular formula is HBrF2PS-3. The van der Waals surface area contributed by atoms with Gasteiger partial charge in [-0.2, -0.15) is 0 Å². The van der Waals surface area contributed by atoms with Gasteiger partial charge in [0, 0.05) is 0 Å². The van der Waals surface area contributed by atoms with E-state index in [1.807, 2.05) is 0 Å². The molecule has 0 fully saturated rings. The Morgan fingerprint density at radius 1 is 1.00 bits per heavy atom. The summed E-state index contributed by atoms with van der Waals surface area (Å²) in [6, 6.07) is 0. The van der Waals surface area contributed by atoms with Gasteiger partial charge >= 0.3 is 0 Å². The molecule has 5 heavy (non-hydrogen) atoms. The van der Waals surface area contributed by atoms with Crippen molar-refractivity contribution < 1.29 is 26.4 Å². The maximum absolute atomic E-state index is 3.89. The molecule has 0 aromatic carbocycles. The lowest BCUT2D eigenvalue weighted by Crippen LogP contribution is -3.00. The summed E-state index contributed by atoms with van der Waals surface area (Å²) < 4.78 is 0. The van der Waals surface area contributed by atoms with Gasteiger partial charge in [0.05, 0.1) is 0 Å². The fourth-order valence-corrected chi connectivity index (χ4v) is 0. The van der Waals surface area contributed by atoms with Crippen LogP contribution in [0.4, 0.5) is 0 Å². The Hall–Kier alpha value is 0.860. The molecule has 0 unspecified atom stereocenters. The van der Waals surface area contributed by atoms with Gasteiger partial charge in [0.15, 0.2) is 0 Å². The molecule has 0 rings (SSSR count). The first-order chi connectivity index (χ1) is 1.00. The standard InChI is InChI=1S/BrH.2FH.HPS/c;;;1-2/h3*1H;1H/p-3. The van der Waals surface area contributed by atoms with Crippen molar-refractivity contribution in [3.8, 4) is 0 Å². The van der Waals surface area contributed by atoms with Crippen LogP contribution in [0.25, 0.3) is 0 Å². The summed E-state index contributed by atoms with van der Waals surface area (Å²) in [7, 11) is 2.56. The fraction of sp³-hybridized carbons (Fsp3) is 0. The average Bonchev–Trinajstić information content (AvgIpc) is 1.00. The van der Waals surface area contributed by atoms with E-state index >= 15 is 0 Å². The fourth-order valence-electron chi connectivity index (χ4n) is 0. The van der Waals surface area contributed by atoms with Gasteiger partial charge in [-0.15, -0.1) is 0 Å². The topological polar surface area (TPSA) is 0 Å². The molecule has 5 heteroatoms. The monoisotopic (exact) mass is 181 g/mol. The lowest BCUT2D eigenvalue weighted by atomic mass is 19.0. The van der Waals surface area contributed by atoms with E-state index in [1.54, 1.807) is 0 Å². The van der Waals surface area contributed by atoms with Crippen LogP contribution in [0, 0.1) is 0 Å². The van der Waals surface area contributed by atoms with Crippen LogP contribution in [0.5, 0.6) is 0 Å². The van der Waals surface area contributed by atoms with E-state index in [-0.39, 0.29) is 26.4 Å². The van der Waals surface area contributed by atoms with E-state index in [2.05, 4.69) is 19.8 Å². The summed E-state index contributed by atoms with van der Waals surface area (Å²) in [5.41, 5.74) is 0. The van der Waals surface area contributed by atoms with Crippen LogP contribution < -0.4 is 26.4 Å². The number of hydrogen-bond acceptors (Lipinski definition) is 1. The largest absolute Gasteiger partial charge is 1.00 e. The first kappa shape index (κ1) is 40.0. The van der Waals surface area contributed by atoms with Gasteiger partial charge in [0.1, 0.15) is 0 Å². The third kappa shape index (κ3) is 53.7. The SMILES string of the molecule is P=S.[Br-].[F-].[F-]. The molecule has 0 heterocycles. The van der Waals surface area contributed by atoms with Gasteiger partial charge in [-0.05, 0) is 8.02 Å². The minimum atomic E-state index is 0. The molecule has 0 bridgehead atoms. The second kappa shape index (κ2) is 97.9. The molecule has 0 radical (unpaired) electrons. The molecule has 0 aliphatic heterocycles. The summed E-state index contributed by atoms with van der Waals surface area (Å²) in [6.45, 7) is 0. The highest BCUT2D eigenvalue weighted by atomic mass is 79.9. The maximum Gasteiger partial charge on any atom is -0.0437 e. The smallest absolute Gasteiger partial charge is 0.0437 e. The molecule has 0 saturated heterocycles. The van der Waals surface area contributed by atoms with E-state index in [9.17, 15) is 0 Å². The Morgan fingerprint density at radius 3 is 1.00 bits per heavy atom. The molecule has 0 aromatic rings. The Bertz CT molecular complexity index is 9.61. The van der Waals surface area contributed by atoms with Gasteiger partial charge in [0.25, 0.3) is 0 Å². The van der Waals surface area contributed by atoms with Crippen LogP contribution in [0.15, 0.2) is 0 Å². The van der Waals surface area contributed by atoms with Crippen molar-refractivity contribution in [2.45, 2.75) is 0 Å². The molecular weight excluding hydrogens is 181 g/mol. The molecule has 0 atom stereocenters. The van der Waals surface area contributed by atoms with Crippen LogP contribution in [-0.2, 0) is 11.8 Å². The van der Waals surface area contributed by atoms with E-state index in [4.69, 9.17) is 0 Å². The van der Waals surface area contributed by atoms with Crippen LogP contribution in [0.2, 0.25) is 0 Å². The summed E-state index contributed by atoms with van der Waals surface area (Å²) >= 11 is 3.89. The quantitative estimate of drug-likeness (QED) is 0.335. The van der Waals surface area contributed by atoms with E-state index in [0.29, 0.717) is 0 Å². The van der Waals surface area contributed by atoms with Crippen LogP contribution in [0.3, 0.4) is 0 Å². The number of halogens is 3. The Morgan fingerprint density at radius 2 is 1.00 bits per heavy atom. The third-order valence-corrected chi connectivity index (χ3v) is 0. The third-order valence-electron chi connectivity index (χ3n) is 0. The van der Waals surface area contributed by atoms with Crippen molar-refractivity contribution in [2.75, 3.05) is 0 Å². The van der Waals surface area contributed by atoms with E-state index in [0.717, 1.165) is 0 Å². The van der Waals surface area contributed by atoms with Gasteiger partial charge in [-0.3, -0.25) is 0 Å². The average molecular weight is 182 g/mol. The van der Waals surface area contributed by atoms with Crippen LogP contribution in [0.1, 0.15) is 0 Å². The van der Waals surface area contributed by atoms with Gasteiger partial charge in [-0.1, -0.05) is 11.8 Å². The summed E-state index contributed by atoms with van der Waals surface area (Å²) in [4.78, 5) is 0. The molecule has 36 valence electrons. The molecule has 0 amide bonds. The van der Waals surface area contributed by atoms with Crippen molar-refractivity contribution in [2.24, 2.45) is 0 Å². The van der Waals surface area contributed by atoms with E-state index in [1.165, 1.54) is 0 Å².